The van der Waals surface area contributed by atoms with Crippen LogP contribution in [0.1, 0.15) is 112 Å². The molecule has 6 rings (SSSR count). The first-order valence-electron chi connectivity index (χ1n) is 18.5. The highest BCUT2D eigenvalue weighted by molar-refractivity contribution is 5.70. The van der Waals surface area contributed by atoms with Crippen molar-refractivity contribution < 1.29 is 9.90 Å². The molecular formula is C39H54N6O3. The number of benzene rings is 1. The average molecular weight is 655 g/mol. The van der Waals surface area contributed by atoms with Crippen molar-refractivity contribution in [2.45, 2.75) is 116 Å². The van der Waals surface area contributed by atoms with Crippen molar-refractivity contribution >= 4 is 11.8 Å². The summed E-state index contributed by atoms with van der Waals surface area (Å²) in [5, 5.41) is 17.2. The summed E-state index contributed by atoms with van der Waals surface area (Å²) in [6.07, 6.45) is 13.0. The van der Waals surface area contributed by atoms with Crippen LogP contribution in [0.5, 0.6) is 0 Å². The lowest BCUT2D eigenvalue weighted by molar-refractivity contribution is -0.143. The number of piperidine rings is 1. The summed E-state index contributed by atoms with van der Waals surface area (Å²) in [5.74, 6) is 1.76. The van der Waals surface area contributed by atoms with Crippen molar-refractivity contribution in [1.29, 1.82) is 0 Å². The van der Waals surface area contributed by atoms with Gasteiger partial charge in [0.2, 0.25) is 0 Å². The van der Waals surface area contributed by atoms with Crippen LogP contribution in [-0.4, -0.2) is 56.2 Å². The molecule has 258 valence electrons. The van der Waals surface area contributed by atoms with E-state index in [2.05, 4.69) is 52.8 Å². The molecule has 9 nitrogen and oxygen atoms in total. The van der Waals surface area contributed by atoms with Crippen LogP contribution in [0.3, 0.4) is 0 Å². The smallest absolute Gasteiger partial charge is 0.306 e. The SMILES string of the molecule is CC[C@@H](NCc1nc2c(c(N[C@@H](CN3CCCCC3)c3ccc(=O)n(CC)c3)n1)C[C@H](c1ccccc1)CC2)C1CCC(C(=O)O)CC1. The van der Waals surface area contributed by atoms with Gasteiger partial charge in [0.25, 0.3) is 5.56 Å². The Balaban J connectivity index is 1.29. The lowest BCUT2D eigenvalue weighted by atomic mass is 9.78. The van der Waals surface area contributed by atoms with Crippen LogP contribution in [0.15, 0.2) is 53.5 Å². The van der Waals surface area contributed by atoms with Gasteiger partial charge in [-0.25, -0.2) is 9.97 Å². The molecule has 1 aromatic carbocycles. The van der Waals surface area contributed by atoms with E-state index < -0.39 is 5.97 Å². The number of carboxylic acid groups (broad SMARTS) is 1. The number of aryl methyl sites for hydroxylation is 2. The number of aliphatic carboxylic acids is 1. The fraction of sp³-hybridized carbons (Fsp3) is 0.590. The van der Waals surface area contributed by atoms with Crippen LogP contribution in [0.2, 0.25) is 0 Å². The molecule has 3 heterocycles. The van der Waals surface area contributed by atoms with Crippen molar-refractivity contribution in [1.82, 2.24) is 24.8 Å². The zero-order chi connectivity index (χ0) is 33.5. The van der Waals surface area contributed by atoms with Crippen LogP contribution < -0.4 is 16.2 Å². The third-order valence-electron chi connectivity index (χ3n) is 11.2. The third-order valence-corrected chi connectivity index (χ3v) is 11.2. The normalized spacial score (nSPS) is 22.8. The van der Waals surface area contributed by atoms with Gasteiger partial charge in [0.05, 0.1) is 18.5 Å². The lowest BCUT2D eigenvalue weighted by Crippen LogP contribution is -2.38. The van der Waals surface area contributed by atoms with Gasteiger partial charge >= 0.3 is 5.97 Å². The molecule has 0 unspecified atom stereocenters. The van der Waals surface area contributed by atoms with Crippen LogP contribution in [0.4, 0.5) is 5.82 Å². The molecule has 1 aliphatic heterocycles. The highest BCUT2D eigenvalue weighted by Gasteiger charge is 2.31. The molecule has 1 saturated carbocycles. The average Bonchev–Trinajstić information content (AvgIpc) is 3.12. The molecule has 48 heavy (non-hydrogen) atoms. The summed E-state index contributed by atoms with van der Waals surface area (Å²) < 4.78 is 1.80. The minimum Gasteiger partial charge on any atom is -0.481 e. The van der Waals surface area contributed by atoms with Crippen molar-refractivity contribution in [3.8, 4) is 0 Å². The van der Waals surface area contributed by atoms with E-state index in [-0.39, 0.29) is 17.5 Å². The monoisotopic (exact) mass is 654 g/mol. The van der Waals surface area contributed by atoms with Gasteiger partial charge in [-0.05, 0) is 113 Å². The van der Waals surface area contributed by atoms with E-state index in [1.54, 1.807) is 10.6 Å². The van der Waals surface area contributed by atoms with Gasteiger partial charge < -0.3 is 25.2 Å². The Morgan fingerprint density at radius 3 is 2.46 bits per heavy atom. The fourth-order valence-electron chi connectivity index (χ4n) is 8.31. The molecule has 0 bridgehead atoms. The first-order valence-corrected chi connectivity index (χ1v) is 18.5. The number of anilines is 1. The van der Waals surface area contributed by atoms with E-state index in [4.69, 9.17) is 9.97 Å². The molecule has 3 aromatic rings. The van der Waals surface area contributed by atoms with E-state index in [0.29, 0.717) is 31.0 Å². The summed E-state index contributed by atoms with van der Waals surface area (Å²) in [4.78, 5) is 37.1. The Labute approximate surface area is 285 Å². The van der Waals surface area contributed by atoms with Crippen LogP contribution in [-0.2, 0) is 30.7 Å². The second-order valence-electron chi connectivity index (χ2n) is 14.3. The summed E-state index contributed by atoms with van der Waals surface area (Å²) >= 11 is 0. The molecule has 2 aliphatic carbocycles. The van der Waals surface area contributed by atoms with Gasteiger partial charge in [-0.15, -0.1) is 0 Å². The molecule has 3 atom stereocenters. The molecule has 1 saturated heterocycles. The zero-order valence-corrected chi connectivity index (χ0v) is 28.9. The maximum atomic E-state index is 12.6. The fourth-order valence-corrected chi connectivity index (χ4v) is 8.31. The lowest BCUT2D eigenvalue weighted by Gasteiger charge is -2.33. The number of carbonyl (C=O) groups is 1. The number of carboxylic acids is 1. The van der Waals surface area contributed by atoms with Gasteiger partial charge in [0, 0.05) is 42.7 Å². The van der Waals surface area contributed by atoms with Crippen molar-refractivity contribution in [3.05, 3.63) is 87.2 Å². The number of rotatable bonds is 13. The topological polar surface area (TPSA) is 112 Å². The van der Waals surface area contributed by atoms with Crippen molar-refractivity contribution in [2.24, 2.45) is 11.8 Å². The quantitative estimate of drug-likeness (QED) is 0.196. The number of likely N-dealkylation sites (tertiary alicyclic amines) is 1. The molecule has 0 radical (unpaired) electrons. The first-order chi connectivity index (χ1) is 23.4. The molecule has 2 aromatic heterocycles. The standard InChI is InChI=1S/C39H54N6O3/c1-3-33(28-13-15-29(16-14-28)39(47)48)40-24-36-41-34-19-17-30(27-11-7-5-8-12-27)23-32(34)38(43-36)42-35(26-44-21-9-6-10-22-44)31-18-20-37(46)45(4-2)25-31/h5,7-8,11-12,18,20,25,28-30,33,35,40H,3-4,6,9-10,13-17,19,21-24,26H2,1-2H3,(H,47,48)(H,41,42,43)/t28?,29?,30-,33-,35+/m1/s1. The molecular weight excluding hydrogens is 600 g/mol. The summed E-state index contributed by atoms with van der Waals surface area (Å²) in [6.45, 7) is 8.48. The largest absolute Gasteiger partial charge is 0.481 e. The summed E-state index contributed by atoms with van der Waals surface area (Å²) in [5.41, 5.74) is 4.85. The van der Waals surface area contributed by atoms with Crippen molar-refractivity contribution in [2.75, 3.05) is 25.0 Å². The van der Waals surface area contributed by atoms with E-state index in [1.807, 2.05) is 19.2 Å². The number of fused-ring (bicyclic) bond motifs is 1. The number of aromatic nitrogens is 3. The number of nitrogens with one attached hydrogen (secondary N) is 2. The molecule has 0 amide bonds. The highest BCUT2D eigenvalue weighted by atomic mass is 16.4. The number of hydrogen-bond acceptors (Lipinski definition) is 7. The number of hydrogen-bond donors (Lipinski definition) is 3. The van der Waals surface area contributed by atoms with Crippen LogP contribution in [0, 0.1) is 11.8 Å². The maximum Gasteiger partial charge on any atom is 0.306 e. The third kappa shape index (κ3) is 8.35. The van der Waals surface area contributed by atoms with E-state index in [9.17, 15) is 14.7 Å². The van der Waals surface area contributed by atoms with Gasteiger partial charge in [0.1, 0.15) is 11.6 Å². The highest BCUT2D eigenvalue weighted by Crippen LogP contribution is 2.37. The van der Waals surface area contributed by atoms with Gasteiger partial charge in [-0.1, -0.05) is 43.7 Å². The molecule has 3 N–H and O–H groups in total. The Kier molecular flexibility index (Phi) is 11.6. The molecule has 9 heteroatoms. The Morgan fingerprint density at radius 2 is 1.75 bits per heavy atom. The summed E-state index contributed by atoms with van der Waals surface area (Å²) in [7, 11) is 0. The Morgan fingerprint density at radius 1 is 0.979 bits per heavy atom. The Bertz CT molecular complexity index is 1560. The first kappa shape index (κ1) is 34.3. The van der Waals surface area contributed by atoms with Gasteiger partial charge in [0.15, 0.2) is 0 Å². The van der Waals surface area contributed by atoms with E-state index >= 15 is 0 Å². The van der Waals surface area contributed by atoms with E-state index in [1.165, 1.54) is 30.4 Å². The van der Waals surface area contributed by atoms with Crippen molar-refractivity contribution in [3.63, 3.8) is 0 Å². The minimum atomic E-state index is -0.654. The predicted octanol–water partition coefficient (Wildman–Crippen LogP) is 6.33. The van der Waals surface area contributed by atoms with Crippen LogP contribution >= 0.6 is 0 Å². The number of pyridine rings is 1. The summed E-state index contributed by atoms with van der Waals surface area (Å²) in [6, 6.07) is 14.8. The van der Waals surface area contributed by atoms with E-state index in [0.717, 1.165) is 93.9 Å². The zero-order valence-electron chi connectivity index (χ0n) is 28.9. The van der Waals surface area contributed by atoms with Gasteiger partial charge in [-0.2, -0.15) is 0 Å². The predicted molar refractivity (Wildman–Crippen MR) is 190 cm³/mol. The maximum absolute atomic E-state index is 12.6. The molecule has 0 spiro atoms. The second-order valence-corrected chi connectivity index (χ2v) is 14.3. The molecule has 2 fully saturated rings. The van der Waals surface area contributed by atoms with Gasteiger partial charge in [-0.3, -0.25) is 9.59 Å². The van der Waals surface area contributed by atoms with Crippen LogP contribution in [0.25, 0.3) is 0 Å². The number of nitrogens with zero attached hydrogens (tertiary/aromatic N) is 4. The minimum absolute atomic E-state index is 0.0220. The molecule has 3 aliphatic rings. The second kappa shape index (κ2) is 16.2. The Hall–Kier alpha value is -3.56.